The second kappa shape index (κ2) is 6.97. The van der Waals surface area contributed by atoms with E-state index < -0.39 is 5.97 Å². The number of para-hydroxylation sites is 2. The van der Waals surface area contributed by atoms with Crippen molar-refractivity contribution >= 4 is 17.6 Å². The molecule has 1 aromatic rings. The maximum absolute atomic E-state index is 11.9. The standard InChI is InChI=1S/C15H20N2O4/c1-20-13-6-4-3-5-12(13)16-7-9-17(10-8-16)14(18)11-15(19)21-2/h3-6H,7-11H2,1-2H3. The van der Waals surface area contributed by atoms with Gasteiger partial charge in [-0.2, -0.15) is 0 Å². The molecule has 0 N–H and O–H groups in total. The molecule has 114 valence electrons. The number of hydrogen-bond donors (Lipinski definition) is 0. The average molecular weight is 292 g/mol. The molecule has 1 aliphatic heterocycles. The number of esters is 1. The largest absolute Gasteiger partial charge is 0.495 e. The van der Waals surface area contributed by atoms with Crippen LogP contribution in [0, 0.1) is 0 Å². The van der Waals surface area contributed by atoms with Crippen LogP contribution in [0.25, 0.3) is 0 Å². The van der Waals surface area contributed by atoms with Gasteiger partial charge in [-0.1, -0.05) is 12.1 Å². The molecule has 0 saturated carbocycles. The lowest BCUT2D eigenvalue weighted by Gasteiger charge is -2.36. The summed E-state index contributed by atoms with van der Waals surface area (Å²) in [5.74, 6) is 0.153. The van der Waals surface area contributed by atoms with Crippen LogP contribution < -0.4 is 9.64 Å². The number of carbonyl (C=O) groups is 2. The molecule has 0 spiro atoms. The van der Waals surface area contributed by atoms with Gasteiger partial charge in [-0.15, -0.1) is 0 Å². The lowest BCUT2D eigenvalue weighted by molar-refractivity contribution is -0.146. The van der Waals surface area contributed by atoms with Crippen LogP contribution in [-0.4, -0.2) is 57.2 Å². The molecule has 0 aromatic heterocycles. The molecule has 0 unspecified atom stereocenters. The highest BCUT2D eigenvalue weighted by atomic mass is 16.5. The summed E-state index contributed by atoms with van der Waals surface area (Å²) in [6, 6.07) is 7.82. The summed E-state index contributed by atoms with van der Waals surface area (Å²) in [4.78, 5) is 26.9. The third kappa shape index (κ3) is 3.65. The minimum atomic E-state index is -0.493. The predicted molar refractivity (Wildman–Crippen MR) is 78.4 cm³/mol. The van der Waals surface area contributed by atoms with Crippen molar-refractivity contribution in [1.82, 2.24) is 4.90 Å². The van der Waals surface area contributed by atoms with Gasteiger partial charge in [0.05, 0.1) is 19.9 Å². The minimum Gasteiger partial charge on any atom is -0.495 e. The molecular weight excluding hydrogens is 272 g/mol. The number of carbonyl (C=O) groups excluding carboxylic acids is 2. The van der Waals surface area contributed by atoms with Crippen LogP contribution in [0.2, 0.25) is 0 Å². The molecule has 1 amide bonds. The zero-order chi connectivity index (χ0) is 15.2. The molecule has 6 nitrogen and oxygen atoms in total. The summed E-state index contributed by atoms with van der Waals surface area (Å²) in [6.45, 7) is 2.61. The first-order valence-electron chi connectivity index (χ1n) is 6.88. The van der Waals surface area contributed by atoms with Gasteiger partial charge in [0.1, 0.15) is 12.2 Å². The quantitative estimate of drug-likeness (QED) is 0.610. The van der Waals surface area contributed by atoms with Crippen LogP contribution in [-0.2, 0) is 14.3 Å². The van der Waals surface area contributed by atoms with Crippen LogP contribution in [0.4, 0.5) is 5.69 Å². The Morgan fingerprint density at radius 3 is 2.38 bits per heavy atom. The van der Waals surface area contributed by atoms with Gasteiger partial charge in [-0.05, 0) is 12.1 Å². The molecule has 2 rings (SSSR count). The van der Waals surface area contributed by atoms with Gasteiger partial charge in [-0.3, -0.25) is 9.59 Å². The maximum atomic E-state index is 11.9. The zero-order valence-corrected chi connectivity index (χ0v) is 12.4. The van der Waals surface area contributed by atoms with Gasteiger partial charge in [-0.25, -0.2) is 0 Å². The minimum absolute atomic E-state index is 0.179. The number of ether oxygens (including phenoxy) is 2. The lowest BCUT2D eigenvalue weighted by Crippen LogP contribution is -2.49. The Morgan fingerprint density at radius 1 is 1.10 bits per heavy atom. The lowest BCUT2D eigenvalue weighted by atomic mass is 10.2. The van der Waals surface area contributed by atoms with Crippen molar-refractivity contribution in [2.75, 3.05) is 45.3 Å². The molecule has 0 atom stereocenters. The maximum Gasteiger partial charge on any atom is 0.315 e. The number of rotatable bonds is 4. The highest BCUT2D eigenvalue weighted by molar-refractivity contribution is 5.94. The Hall–Kier alpha value is -2.24. The molecule has 1 fully saturated rings. The van der Waals surface area contributed by atoms with E-state index in [4.69, 9.17) is 4.74 Å². The Bertz CT molecular complexity index is 510. The smallest absolute Gasteiger partial charge is 0.315 e. The second-order valence-corrected chi connectivity index (χ2v) is 4.79. The molecule has 1 saturated heterocycles. The van der Waals surface area contributed by atoms with Gasteiger partial charge < -0.3 is 19.3 Å². The summed E-state index contributed by atoms with van der Waals surface area (Å²) < 4.78 is 9.88. The first-order chi connectivity index (χ1) is 10.2. The van der Waals surface area contributed by atoms with Gasteiger partial charge in [0, 0.05) is 26.2 Å². The number of amides is 1. The van der Waals surface area contributed by atoms with E-state index in [0.717, 1.165) is 11.4 Å². The van der Waals surface area contributed by atoms with Crippen LogP contribution in [0.1, 0.15) is 6.42 Å². The number of methoxy groups -OCH3 is 2. The predicted octanol–water partition coefficient (Wildman–Crippen LogP) is 0.907. The summed E-state index contributed by atoms with van der Waals surface area (Å²) in [7, 11) is 2.93. The van der Waals surface area contributed by atoms with E-state index in [1.54, 1.807) is 12.0 Å². The monoisotopic (exact) mass is 292 g/mol. The summed E-state index contributed by atoms with van der Waals surface area (Å²) in [5, 5.41) is 0. The van der Waals surface area contributed by atoms with Crippen molar-refractivity contribution in [2.45, 2.75) is 6.42 Å². The third-order valence-corrected chi connectivity index (χ3v) is 3.58. The Labute approximate surface area is 124 Å². The number of hydrogen-bond acceptors (Lipinski definition) is 5. The van der Waals surface area contributed by atoms with Crippen LogP contribution in [0.15, 0.2) is 24.3 Å². The van der Waals surface area contributed by atoms with Crippen molar-refractivity contribution in [3.63, 3.8) is 0 Å². The van der Waals surface area contributed by atoms with Gasteiger partial charge in [0.15, 0.2) is 0 Å². The van der Waals surface area contributed by atoms with Crippen molar-refractivity contribution < 1.29 is 19.1 Å². The van der Waals surface area contributed by atoms with Crippen molar-refractivity contribution in [3.05, 3.63) is 24.3 Å². The number of nitrogens with zero attached hydrogens (tertiary/aromatic N) is 2. The number of anilines is 1. The first-order valence-corrected chi connectivity index (χ1v) is 6.88. The SMILES string of the molecule is COC(=O)CC(=O)N1CCN(c2ccccc2OC)CC1. The van der Waals surface area contributed by atoms with E-state index >= 15 is 0 Å². The van der Waals surface area contributed by atoms with Crippen LogP contribution >= 0.6 is 0 Å². The molecule has 0 bridgehead atoms. The van der Waals surface area contributed by atoms with E-state index in [1.807, 2.05) is 24.3 Å². The van der Waals surface area contributed by atoms with E-state index in [9.17, 15) is 9.59 Å². The zero-order valence-electron chi connectivity index (χ0n) is 12.4. The van der Waals surface area contributed by atoms with Crippen molar-refractivity contribution in [3.8, 4) is 5.75 Å². The highest BCUT2D eigenvalue weighted by Crippen LogP contribution is 2.28. The molecule has 1 heterocycles. The van der Waals surface area contributed by atoms with Gasteiger partial charge in [0.2, 0.25) is 5.91 Å². The van der Waals surface area contributed by atoms with Crippen LogP contribution in [0.3, 0.4) is 0 Å². The Kier molecular flexibility index (Phi) is 5.03. The number of piperazine rings is 1. The fraction of sp³-hybridized carbons (Fsp3) is 0.467. The second-order valence-electron chi connectivity index (χ2n) is 4.79. The summed E-state index contributed by atoms with van der Waals surface area (Å²) in [5.41, 5.74) is 1.03. The molecule has 6 heteroatoms. The van der Waals surface area contributed by atoms with Crippen molar-refractivity contribution in [2.24, 2.45) is 0 Å². The molecule has 21 heavy (non-hydrogen) atoms. The Morgan fingerprint density at radius 2 is 1.76 bits per heavy atom. The highest BCUT2D eigenvalue weighted by Gasteiger charge is 2.24. The van der Waals surface area contributed by atoms with E-state index in [2.05, 4.69) is 9.64 Å². The topological polar surface area (TPSA) is 59.1 Å². The molecular formula is C15H20N2O4. The number of benzene rings is 1. The van der Waals surface area contributed by atoms with Gasteiger partial charge in [0.25, 0.3) is 0 Å². The van der Waals surface area contributed by atoms with E-state index in [-0.39, 0.29) is 12.3 Å². The average Bonchev–Trinajstić information content (AvgIpc) is 2.54. The van der Waals surface area contributed by atoms with Gasteiger partial charge >= 0.3 is 5.97 Å². The van der Waals surface area contributed by atoms with E-state index in [0.29, 0.717) is 26.2 Å². The summed E-state index contributed by atoms with van der Waals surface area (Å²) >= 11 is 0. The van der Waals surface area contributed by atoms with Crippen LogP contribution in [0.5, 0.6) is 5.75 Å². The van der Waals surface area contributed by atoms with Crippen molar-refractivity contribution in [1.29, 1.82) is 0 Å². The fourth-order valence-corrected chi connectivity index (χ4v) is 2.40. The molecule has 0 aliphatic carbocycles. The third-order valence-electron chi connectivity index (χ3n) is 3.58. The summed E-state index contributed by atoms with van der Waals surface area (Å²) in [6.07, 6.45) is -0.189. The van der Waals surface area contributed by atoms with E-state index in [1.165, 1.54) is 7.11 Å². The molecule has 0 radical (unpaired) electrons. The Balaban J connectivity index is 1.94. The molecule has 1 aliphatic rings. The fourth-order valence-electron chi connectivity index (χ4n) is 2.40. The first kappa shape index (κ1) is 15.2. The normalized spacial score (nSPS) is 14.8. The molecule has 1 aromatic carbocycles.